The van der Waals surface area contributed by atoms with Crippen LogP contribution in [0.3, 0.4) is 0 Å². The van der Waals surface area contributed by atoms with E-state index in [1.54, 1.807) is 0 Å². The maximum Gasteiger partial charge on any atom is 0.248 e. The summed E-state index contributed by atoms with van der Waals surface area (Å²) in [6.45, 7) is 11.0. The van der Waals surface area contributed by atoms with E-state index in [0.29, 0.717) is 18.8 Å². The van der Waals surface area contributed by atoms with Crippen LogP contribution in [0.4, 0.5) is 8.78 Å². The zero-order valence-electron chi connectivity index (χ0n) is 9.82. The average Bonchev–Trinajstić information content (AvgIpc) is 2.05. The summed E-state index contributed by atoms with van der Waals surface area (Å²) in [6.07, 6.45) is 1.42. The molecule has 0 radical (unpaired) electrons. The minimum Gasteiger partial charge on any atom is -0.207 e. The van der Waals surface area contributed by atoms with Crippen LogP contribution in [-0.4, -0.2) is 5.92 Å². The second-order valence-electron chi connectivity index (χ2n) is 3.23. The van der Waals surface area contributed by atoms with Gasteiger partial charge in [-0.15, -0.1) is 0 Å². The molecule has 0 bridgehead atoms. The standard InChI is InChI=1S/C7H12F2.2C2H6/c1-5-3-6(4-5)7(2,8)9;2*1-2/h5-6H,3-4H2,1-2H3;2*1-2H3. The highest BCUT2D eigenvalue weighted by molar-refractivity contribution is 4.84. The van der Waals surface area contributed by atoms with Gasteiger partial charge in [0.1, 0.15) is 0 Å². The summed E-state index contributed by atoms with van der Waals surface area (Å²) < 4.78 is 24.7. The van der Waals surface area contributed by atoms with Crippen molar-refractivity contribution in [2.75, 3.05) is 0 Å². The molecule has 0 aromatic heterocycles. The number of alkyl halides is 2. The molecule has 0 saturated heterocycles. The van der Waals surface area contributed by atoms with Gasteiger partial charge in [0.25, 0.3) is 0 Å². The van der Waals surface area contributed by atoms with Gasteiger partial charge in [0.05, 0.1) is 0 Å². The average molecular weight is 194 g/mol. The lowest BCUT2D eigenvalue weighted by Crippen LogP contribution is -2.35. The number of hydrogen-bond donors (Lipinski definition) is 0. The normalized spacial score (nSPS) is 25.8. The quantitative estimate of drug-likeness (QED) is 0.565. The van der Waals surface area contributed by atoms with Gasteiger partial charge in [-0.2, -0.15) is 0 Å². The summed E-state index contributed by atoms with van der Waals surface area (Å²) >= 11 is 0. The summed E-state index contributed by atoms with van der Waals surface area (Å²) in [5, 5.41) is 0. The van der Waals surface area contributed by atoms with Crippen LogP contribution in [0, 0.1) is 11.8 Å². The monoisotopic (exact) mass is 194 g/mol. The van der Waals surface area contributed by atoms with Gasteiger partial charge in [-0.3, -0.25) is 0 Å². The first-order chi connectivity index (χ1) is 6.00. The van der Waals surface area contributed by atoms with E-state index in [9.17, 15) is 8.78 Å². The molecule has 0 N–H and O–H groups in total. The lowest BCUT2D eigenvalue weighted by molar-refractivity contribution is -0.0869. The van der Waals surface area contributed by atoms with Crippen molar-refractivity contribution in [2.45, 2.75) is 60.3 Å². The molecule has 0 amide bonds. The molecule has 0 spiro atoms. The van der Waals surface area contributed by atoms with Crippen LogP contribution in [0.15, 0.2) is 0 Å². The Labute approximate surface area is 81.7 Å². The minimum absolute atomic E-state index is 0.326. The number of hydrogen-bond acceptors (Lipinski definition) is 0. The van der Waals surface area contributed by atoms with Crippen LogP contribution in [0.2, 0.25) is 0 Å². The van der Waals surface area contributed by atoms with Crippen LogP contribution in [-0.2, 0) is 0 Å². The van der Waals surface area contributed by atoms with Crippen LogP contribution >= 0.6 is 0 Å². The zero-order chi connectivity index (χ0) is 11.1. The molecule has 0 aromatic rings. The molecule has 1 rings (SSSR count). The fourth-order valence-corrected chi connectivity index (χ4v) is 1.32. The Balaban J connectivity index is 0. The highest BCUT2D eigenvalue weighted by Crippen LogP contribution is 2.43. The van der Waals surface area contributed by atoms with Crippen molar-refractivity contribution < 1.29 is 8.78 Å². The molecule has 1 aliphatic rings. The van der Waals surface area contributed by atoms with Gasteiger partial charge < -0.3 is 0 Å². The van der Waals surface area contributed by atoms with E-state index >= 15 is 0 Å². The first-order valence-corrected chi connectivity index (χ1v) is 5.38. The third-order valence-corrected chi connectivity index (χ3v) is 2.09. The van der Waals surface area contributed by atoms with Crippen molar-refractivity contribution in [3.05, 3.63) is 0 Å². The Bertz CT molecular complexity index is 99.1. The third kappa shape index (κ3) is 6.00. The molecule has 0 nitrogen and oxygen atoms in total. The van der Waals surface area contributed by atoms with Gasteiger partial charge >= 0.3 is 0 Å². The largest absolute Gasteiger partial charge is 0.248 e. The van der Waals surface area contributed by atoms with Crippen molar-refractivity contribution in [1.29, 1.82) is 0 Å². The van der Waals surface area contributed by atoms with Gasteiger partial charge in [0, 0.05) is 5.92 Å². The molecule has 13 heavy (non-hydrogen) atoms. The zero-order valence-corrected chi connectivity index (χ0v) is 9.82. The van der Waals surface area contributed by atoms with Crippen LogP contribution in [0.1, 0.15) is 54.4 Å². The summed E-state index contributed by atoms with van der Waals surface area (Å²) in [7, 11) is 0. The van der Waals surface area contributed by atoms with Crippen molar-refractivity contribution in [1.82, 2.24) is 0 Å². The first kappa shape index (κ1) is 15.3. The maximum absolute atomic E-state index is 12.3. The highest BCUT2D eigenvalue weighted by atomic mass is 19.3. The van der Waals surface area contributed by atoms with Gasteiger partial charge in [-0.25, -0.2) is 8.78 Å². The SMILES string of the molecule is CC.CC.CC1CC(C(C)(F)F)C1. The van der Waals surface area contributed by atoms with Gasteiger partial charge in [-0.1, -0.05) is 34.6 Å². The lowest BCUT2D eigenvalue weighted by Gasteiger charge is -2.36. The molecular weight excluding hydrogens is 170 g/mol. The van der Waals surface area contributed by atoms with E-state index in [4.69, 9.17) is 0 Å². The van der Waals surface area contributed by atoms with Crippen molar-refractivity contribution in [3.8, 4) is 0 Å². The van der Waals surface area contributed by atoms with E-state index in [1.807, 2.05) is 34.6 Å². The second-order valence-corrected chi connectivity index (χ2v) is 3.23. The van der Waals surface area contributed by atoms with Crippen molar-refractivity contribution in [2.24, 2.45) is 11.8 Å². The lowest BCUT2D eigenvalue weighted by atomic mass is 9.73. The maximum atomic E-state index is 12.3. The molecule has 0 aromatic carbocycles. The summed E-state index contributed by atoms with van der Waals surface area (Å²) in [4.78, 5) is 0. The van der Waals surface area contributed by atoms with E-state index in [2.05, 4.69) is 0 Å². The minimum atomic E-state index is -2.42. The fraction of sp³-hybridized carbons (Fsp3) is 1.00. The smallest absolute Gasteiger partial charge is 0.207 e. The molecule has 82 valence electrons. The third-order valence-electron chi connectivity index (χ3n) is 2.09. The molecule has 0 aliphatic heterocycles. The predicted octanol–water partition coefficient (Wildman–Crippen LogP) is 4.74. The molecule has 0 heterocycles. The molecular formula is C11H24F2. The Morgan fingerprint density at radius 2 is 1.31 bits per heavy atom. The van der Waals surface area contributed by atoms with Gasteiger partial charge in [-0.05, 0) is 25.7 Å². The Hall–Kier alpha value is -0.140. The predicted molar refractivity (Wildman–Crippen MR) is 55.2 cm³/mol. The van der Waals surface area contributed by atoms with Gasteiger partial charge in [0.15, 0.2) is 0 Å². The number of rotatable bonds is 1. The van der Waals surface area contributed by atoms with Gasteiger partial charge in [0.2, 0.25) is 5.92 Å². The van der Waals surface area contributed by atoms with Crippen LogP contribution < -0.4 is 0 Å². The summed E-state index contributed by atoms with van der Waals surface area (Å²) in [5.74, 6) is -2.22. The Morgan fingerprint density at radius 1 is 1.00 bits per heavy atom. The summed E-state index contributed by atoms with van der Waals surface area (Å²) in [6, 6.07) is 0. The summed E-state index contributed by atoms with van der Waals surface area (Å²) in [5.41, 5.74) is 0. The Kier molecular flexibility index (Phi) is 8.59. The Morgan fingerprint density at radius 3 is 1.38 bits per heavy atom. The topological polar surface area (TPSA) is 0 Å². The molecule has 0 atom stereocenters. The second kappa shape index (κ2) is 7.28. The van der Waals surface area contributed by atoms with Crippen LogP contribution in [0.5, 0.6) is 0 Å². The molecule has 2 heteroatoms. The van der Waals surface area contributed by atoms with E-state index in [-0.39, 0.29) is 5.92 Å². The van der Waals surface area contributed by atoms with E-state index in [1.165, 1.54) is 0 Å². The fourth-order valence-electron chi connectivity index (χ4n) is 1.32. The molecule has 1 saturated carbocycles. The highest BCUT2D eigenvalue weighted by Gasteiger charge is 2.41. The van der Waals surface area contributed by atoms with Crippen molar-refractivity contribution in [3.63, 3.8) is 0 Å². The van der Waals surface area contributed by atoms with Crippen molar-refractivity contribution >= 4 is 0 Å². The van der Waals surface area contributed by atoms with E-state index in [0.717, 1.165) is 6.92 Å². The first-order valence-electron chi connectivity index (χ1n) is 5.38. The van der Waals surface area contributed by atoms with Crippen LogP contribution in [0.25, 0.3) is 0 Å². The molecule has 1 fully saturated rings. The molecule has 0 unspecified atom stereocenters. The molecule has 1 aliphatic carbocycles. The van der Waals surface area contributed by atoms with E-state index < -0.39 is 5.92 Å². The number of halogens is 2.